The first-order valence-electron chi connectivity index (χ1n) is 10.8. The Morgan fingerprint density at radius 1 is 1.03 bits per heavy atom. The van der Waals surface area contributed by atoms with Crippen molar-refractivity contribution < 1.29 is 9.59 Å². The second-order valence-electron chi connectivity index (χ2n) is 8.71. The second kappa shape index (κ2) is 7.41. The van der Waals surface area contributed by atoms with Gasteiger partial charge in [0.1, 0.15) is 17.2 Å². The zero-order valence-electron chi connectivity index (χ0n) is 18.2. The molecule has 1 fully saturated rings. The van der Waals surface area contributed by atoms with Crippen molar-refractivity contribution >= 4 is 11.8 Å². The monoisotopic (exact) mass is 417 g/mol. The van der Waals surface area contributed by atoms with Crippen LogP contribution in [0.1, 0.15) is 39.5 Å². The van der Waals surface area contributed by atoms with Crippen LogP contribution in [-0.2, 0) is 20.0 Å². The number of imidazole rings is 1. The summed E-state index contributed by atoms with van der Waals surface area (Å²) in [5.41, 5.74) is 3.13. The van der Waals surface area contributed by atoms with Crippen LogP contribution in [0, 0.1) is 0 Å². The number of hydrogen-bond acceptors (Lipinski definition) is 3. The molecule has 7 nitrogen and oxygen atoms in total. The fourth-order valence-electron chi connectivity index (χ4n) is 5.00. The Morgan fingerprint density at radius 3 is 2.45 bits per heavy atom. The summed E-state index contributed by atoms with van der Waals surface area (Å²) in [7, 11) is 5.41. The van der Waals surface area contributed by atoms with Crippen molar-refractivity contribution in [2.75, 3.05) is 14.1 Å². The molecule has 31 heavy (non-hydrogen) atoms. The highest BCUT2D eigenvalue weighted by atomic mass is 16.2. The van der Waals surface area contributed by atoms with Crippen molar-refractivity contribution in [3.05, 3.63) is 65.7 Å². The highest BCUT2D eigenvalue weighted by molar-refractivity contribution is 5.95. The molecule has 0 unspecified atom stereocenters. The number of aryl methyl sites for hydroxylation is 1. The van der Waals surface area contributed by atoms with E-state index in [1.807, 2.05) is 60.3 Å². The van der Waals surface area contributed by atoms with Gasteiger partial charge in [-0.1, -0.05) is 30.3 Å². The van der Waals surface area contributed by atoms with E-state index < -0.39 is 0 Å². The van der Waals surface area contributed by atoms with E-state index in [1.54, 1.807) is 19.0 Å². The molecule has 3 aromatic rings. The molecular weight excluding hydrogens is 390 g/mol. The number of carbonyl (C=O) groups is 2. The summed E-state index contributed by atoms with van der Waals surface area (Å²) in [6.07, 6.45) is 4.45. The van der Waals surface area contributed by atoms with E-state index in [1.165, 1.54) is 0 Å². The highest BCUT2D eigenvalue weighted by Gasteiger charge is 2.43. The van der Waals surface area contributed by atoms with Crippen LogP contribution in [0.2, 0.25) is 0 Å². The number of aromatic nitrogens is 3. The summed E-state index contributed by atoms with van der Waals surface area (Å²) in [4.78, 5) is 34.9. The predicted molar refractivity (Wildman–Crippen MR) is 118 cm³/mol. The third-order valence-corrected chi connectivity index (χ3v) is 6.55. The maximum Gasteiger partial charge on any atom is 0.273 e. The van der Waals surface area contributed by atoms with Gasteiger partial charge < -0.3 is 18.9 Å². The highest BCUT2D eigenvalue weighted by Crippen LogP contribution is 2.36. The summed E-state index contributed by atoms with van der Waals surface area (Å²) in [6.45, 7) is 0.653. The number of carbonyl (C=O) groups excluding carboxylic acids is 2. The van der Waals surface area contributed by atoms with Gasteiger partial charge in [0.15, 0.2) is 0 Å². The van der Waals surface area contributed by atoms with Crippen LogP contribution >= 0.6 is 0 Å². The van der Waals surface area contributed by atoms with Crippen molar-refractivity contribution in [3.8, 4) is 11.4 Å². The first kappa shape index (κ1) is 19.6. The number of nitrogens with zero attached hydrogens (tertiary/aromatic N) is 5. The van der Waals surface area contributed by atoms with Crippen molar-refractivity contribution in [3.63, 3.8) is 0 Å². The summed E-state index contributed by atoms with van der Waals surface area (Å²) in [5, 5.41) is 0. The van der Waals surface area contributed by atoms with E-state index in [0.29, 0.717) is 24.4 Å². The molecule has 2 bridgehead atoms. The summed E-state index contributed by atoms with van der Waals surface area (Å²) in [5.74, 6) is 0.782. The predicted octanol–water partition coefficient (Wildman–Crippen LogP) is 2.82. The molecule has 0 radical (unpaired) electrons. The van der Waals surface area contributed by atoms with Gasteiger partial charge in [0.2, 0.25) is 0 Å². The largest absolute Gasteiger partial charge is 0.347 e. The van der Waals surface area contributed by atoms with Gasteiger partial charge in [0, 0.05) is 51.9 Å². The van der Waals surface area contributed by atoms with Crippen molar-refractivity contribution in [1.29, 1.82) is 0 Å². The standard InChI is InChI=1S/C24H27N5O2/c1-26(2)24(31)21-20-14-17-11-12-18(29(17)23(30)19-10-7-13-27(19)3)15-28(20)22(25-21)16-8-5-4-6-9-16/h4-10,13,17-18H,11-12,14-15H2,1-3H3/t17-,18+/m0/s1. The first-order valence-corrected chi connectivity index (χ1v) is 10.8. The normalized spacial score (nSPS) is 19.8. The molecule has 2 amide bonds. The maximum absolute atomic E-state index is 13.5. The van der Waals surface area contributed by atoms with E-state index in [4.69, 9.17) is 4.98 Å². The Labute approximate surface area is 181 Å². The molecule has 2 aliphatic heterocycles. The van der Waals surface area contributed by atoms with Crippen molar-refractivity contribution in [2.24, 2.45) is 7.05 Å². The van der Waals surface area contributed by atoms with Crippen LogP contribution in [0.5, 0.6) is 0 Å². The fraction of sp³-hybridized carbons (Fsp3) is 0.375. The Kier molecular flexibility index (Phi) is 4.68. The Bertz CT molecular complexity index is 1140. The molecule has 0 aliphatic carbocycles. The van der Waals surface area contributed by atoms with Gasteiger partial charge >= 0.3 is 0 Å². The van der Waals surface area contributed by atoms with E-state index >= 15 is 0 Å². The molecule has 0 N–H and O–H groups in total. The third-order valence-electron chi connectivity index (χ3n) is 6.55. The quantitative estimate of drug-likeness (QED) is 0.658. The lowest BCUT2D eigenvalue weighted by molar-refractivity contribution is 0.0656. The molecule has 0 saturated carbocycles. The molecule has 1 aromatic carbocycles. The zero-order valence-corrected chi connectivity index (χ0v) is 18.2. The topological polar surface area (TPSA) is 63.4 Å². The lowest BCUT2D eigenvalue weighted by atomic mass is 10.0. The molecule has 2 aromatic heterocycles. The van der Waals surface area contributed by atoms with Crippen LogP contribution in [0.25, 0.3) is 11.4 Å². The smallest absolute Gasteiger partial charge is 0.273 e. The van der Waals surface area contributed by atoms with E-state index in [9.17, 15) is 9.59 Å². The Hall–Kier alpha value is -3.35. The van der Waals surface area contributed by atoms with Crippen molar-refractivity contribution in [2.45, 2.75) is 37.9 Å². The minimum Gasteiger partial charge on any atom is -0.347 e. The molecule has 160 valence electrons. The average molecular weight is 418 g/mol. The summed E-state index contributed by atoms with van der Waals surface area (Å²) < 4.78 is 4.06. The van der Waals surface area contributed by atoms with E-state index in [-0.39, 0.29) is 23.9 Å². The number of rotatable bonds is 3. The van der Waals surface area contributed by atoms with Crippen LogP contribution < -0.4 is 0 Å². The van der Waals surface area contributed by atoms with Gasteiger partial charge in [-0.25, -0.2) is 4.98 Å². The minimum atomic E-state index is -0.0935. The number of fused-ring (bicyclic) bond motifs is 3. The number of hydrogen-bond donors (Lipinski definition) is 0. The summed E-state index contributed by atoms with van der Waals surface area (Å²) in [6, 6.07) is 13.9. The fourth-order valence-corrected chi connectivity index (χ4v) is 5.00. The van der Waals surface area contributed by atoms with Crippen molar-refractivity contribution in [1.82, 2.24) is 23.9 Å². The molecular formula is C24H27N5O2. The number of benzene rings is 1. The van der Waals surface area contributed by atoms with Gasteiger partial charge in [0.25, 0.3) is 11.8 Å². The molecule has 7 heteroatoms. The van der Waals surface area contributed by atoms with E-state index in [2.05, 4.69) is 9.47 Å². The minimum absolute atomic E-state index is 0.0699. The molecule has 1 saturated heterocycles. The first-order chi connectivity index (χ1) is 15.0. The van der Waals surface area contributed by atoms with Gasteiger partial charge in [-0.2, -0.15) is 0 Å². The average Bonchev–Trinajstić information content (AvgIpc) is 3.42. The second-order valence-corrected chi connectivity index (χ2v) is 8.71. The molecule has 4 heterocycles. The van der Waals surface area contributed by atoms with Crippen LogP contribution in [0.4, 0.5) is 0 Å². The lowest BCUT2D eigenvalue weighted by Crippen LogP contribution is -2.42. The van der Waals surface area contributed by atoms with E-state index in [0.717, 1.165) is 29.9 Å². The lowest BCUT2D eigenvalue weighted by Gasteiger charge is -2.28. The maximum atomic E-state index is 13.5. The van der Waals surface area contributed by atoms with Crippen LogP contribution in [0.3, 0.4) is 0 Å². The molecule has 5 rings (SSSR count). The SMILES string of the molecule is CN(C)C(=O)c1nc(-c2ccccc2)n2c1C[C@@H]1CC[C@H](C2)N1C(=O)c1cccn1C. The van der Waals surface area contributed by atoms with Crippen LogP contribution in [-0.4, -0.2) is 61.9 Å². The Balaban J connectivity index is 1.60. The molecule has 0 spiro atoms. The van der Waals surface area contributed by atoms with Gasteiger partial charge in [-0.05, 0) is 25.0 Å². The Morgan fingerprint density at radius 2 is 1.77 bits per heavy atom. The number of amides is 2. The van der Waals surface area contributed by atoms with Gasteiger partial charge in [-0.15, -0.1) is 0 Å². The molecule has 2 aliphatic rings. The van der Waals surface area contributed by atoms with Crippen LogP contribution in [0.15, 0.2) is 48.7 Å². The third kappa shape index (κ3) is 3.15. The van der Waals surface area contributed by atoms with Gasteiger partial charge in [-0.3, -0.25) is 9.59 Å². The summed E-state index contributed by atoms with van der Waals surface area (Å²) >= 11 is 0. The molecule has 2 atom stereocenters. The van der Waals surface area contributed by atoms with Gasteiger partial charge in [0.05, 0.1) is 11.7 Å². The zero-order chi connectivity index (χ0) is 21.7.